The molecule has 2 aromatic rings. The molecule has 1 N–H and O–H groups in total. The number of carbonyl (C=O) groups excluding carboxylic acids is 2. The van der Waals surface area contributed by atoms with Crippen molar-refractivity contribution in [2.45, 2.75) is 32.2 Å². The van der Waals surface area contributed by atoms with Gasteiger partial charge in [-0.3, -0.25) is 9.59 Å². The van der Waals surface area contributed by atoms with Crippen molar-refractivity contribution in [1.29, 1.82) is 0 Å². The van der Waals surface area contributed by atoms with E-state index in [9.17, 15) is 9.59 Å². The molecular weight excluding hydrogens is 356 g/mol. The molecular formula is C22H24N2O4. The highest BCUT2D eigenvalue weighted by atomic mass is 16.6. The zero-order valence-electron chi connectivity index (χ0n) is 15.9. The van der Waals surface area contributed by atoms with E-state index in [-0.39, 0.29) is 17.9 Å². The average molecular weight is 380 g/mol. The van der Waals surface area contributed by atoms with Crippen LogP contribution >= 0.6 is 0 Å². The molecule has 1 unspecified atom stereocenters. The fourth-order valence-corrected chi connectivity index (χ4v) is 3.61. The maximum atomic E-state index is 12.4. The predicted octanol–water partition coefficient (Wildman–Crippen LogP) is 3.00. The van der Waals surface area contributed by atoms with Crippen molar-refractivity contribution in [3.63, 3.8) is 0 Å². The van der Waals surface area contributed by atoms with Crippen LogP contribution in [-0.4, -0.2) is 31.6 Å². The van der Waals surface area contributed by atoms with Gasteiger partial charge in [0, 0.05) is 18.7 Å². The number of carbonyl (C=O) groups is 2. The van der Waals surface area contributed by atoms with Gasteiger partial charge in [0.1, 0.15) is 13.2 Å². The molecule has 0 bridgehead atoms. The van der Waals surface area contributed by atoms with E-state index in [1.54, 1.807) is 4.90 Å². The highest BCUT2D eigenvalue weighted by Gasteiger charge is 2.21. The van der Waals surface area contributed by atoms with E-state index >= 15 is 0 Å². The second-order valence-electron chi connectivity index (χ2n) is 7.18. The summed E-state index contributed by atoms with van der Waals surface area (Å²) in [6.45, 7) is 3.82. The van der Waals surface area contributed by atoms with Gasteiger partial charge >= 0.3 is 0 Å². The second-order valence-corrected chi connectivity index (χ2v) is 7.18. The zero-order chi connectivity index (χ0) is 19.5. The Morgan fingerprint density at radius 2 is 1.86 bits per heavy atom. The van der Waals surface area contributed by atoms with E-state index in [1.165, 1.54) is 0 Å². The summed E-state index contributed by atoms with van der Waals surface area (Å²) in [4.78, 5) is 26.1. The Hall–Kier alpha value is -3.02. The van der Waals surface area contributed by atoms with E-state index < -0.39 is 0 Å². The molecule has 28 heavy (non-hydrogen) atoms. The molecule has 4 rings (SSSR count). The van der Waals surface area contributed by atoms with Gasteiger partial charge in [0.25, 0.3) is 0 Å². The van der Waals surface area contributed by atoms with Crippen LogP contribution in [0.3, 0.4) is 0 Å². The number of fused-ring (bicyclic) bond motifs is 1. The maximum absolute atomic E-state index is 12.4. The summed E-state index contributed by atoms with van der Waals surface area (Å²) in [5.41, 5.74) is 2.79. The lowest BCUT2D eigenvalue weighted by atomic mass is 10.1. The number of benzene rings is 2. The molecule has 2 aliphatic heterocycles. The van der Waals surface area contributed by atoms with Gasteiger partial charge in [0.15, 0.2) is 11.5 Å². The average Bonchev–Trinajstić information content (AvgIpc) is 3.14. The molecule has 6 heteroatoms. The number of nitrogens with one attached hydrogen (secondary N) is 1. The Kier molecular flexibility index (Phi) is 5.19. The number of nitrogens with zero attached hydrogens (tertiary/aromatic N) is 1. The van der Waals surface area contributed by atoms with Crippen molar-refractivity contribution in [3.05, 3.63) is 53.6 Å². The molecule has 0 radical (unpaired) electrons. The van der Waals surface area contributed by atoms with E-state index in [0.717, 1.165) is 41.3 Å². The third-order valence-corrected chi connectivity index (χ3v) is 5.13. The largest absolute Gasteiger partial charge is 0.486 e. The first kappa shape index (κ1) is 18.3. The van der Waals surface area contributed by atoms with Crippen LogP contribution in [0.5, 0.6) is 11.5 Å². The van der Waals surface area contributed by atoms with Crippen LogP contribution in [0.2, 0.25) is 0 Å². The maximum Gasteiger partial charge on any atom is 0.227 e. The van der Waals surface area contributed by atoms with Gasteiger partial charge in [-0.25, -0.2) is 0 Å². The van der Waals surface area contributed by atoms with Crippen LogP contribution in [-0.2, 0) is 16.0 Å². The molecule has 2 heterocycles. The van der Waals surface area contributed by atoms with Gasteiger partial charge in [-0.1, -0.05) is 18.2 Å². The quantitative estimate of drug-likeness (QED) is 0.866. The number of ether oxygens (including phenoxy) is 2. The predicted molar refractivity (Wildman–Crippen MR) is 106 cm³/mol. The molecule has 1 atom stereocenters. The molecule has 0 aromatic heterocycles. The lowest BCUT2D eigenvalue weighted by Crippen LogP contribution is -2.28. The minimum Gasteiger partial charge on any atom is -0.486 e. The standard InChI is InChI=1S/C22H24N2O4/c1-15(17-6-9-19-20(14-17)28-12-11-27-19)23-21(25)13-16-4-7-18(8-5-16)24-10-2-3-22(24)26/h4-9,14-15H,2-3,10-13H2,1H3,(H,23,25). The van der Waals surface area contributed by atoms with Crippen LogP contribution in [0, 0.1) is 0 Å². The molecule has 2 aromatic carbocycles. The summed E-state index contributed by atoms with van der Waals surface area (Å²) in [5.74, 6) is 1.58. The molecule has 0 saturated carbocycles. The molecule has 146 valence electrons. The summed E-state index contributed by atoms with van der Waals surface area (Å²) in [6.07, 6.45) is 1.81. The van der Waals surface area contributed by atoms with Gasteiger partial charge in [-0.05, 0) is 48.7 Å². The van der Waals surface area contributed by atoms with Gasteiger partial charge in [0.05, 0.1) is 12.5 Å². The third-order valence-electron chi connectivity index (χ3n) is 5.13. The van der Waals surface area contributed by atoms with Crippen molar-refractivity contribution in [3.8, 4) is 11.5 Å². The molecule has 0 spiro atoms. The highest BCUT2D eigenvalue weighted by molar-refractivity contribution is 5.95. The summed E-state index contributed by atoms with van der Waals surface area (Å²) < 4.78 is 11.1. The van der Waals surface area contributed by atoms with Crippen LogP contribution in [0.25, 0.3) is 0 Å². The van der Waals surface area contributed by atoms with Crippen molar-refractivity contribution in [2.75, 3.05) is 24.7 Å². The lowest BCUT2D eigenvalue weighted by molar-refractivity contribution is -0.121. The molecule has 2 aliphatic rings. The Morgan fingerprint density at radius 3 is 2.57 bits per heavy atom. The molecule has 6 nitrogen and oxygen atoms in total. The van der Waals surface area contributed by atoms with Crippen molar-refractivity contribution in [2.24, 2.45) is 0 Å². The highest BCUT2D eigenvalue weighted by Crippen LogP contribution is 2.32. The zero-order valence-corrected chi connectivity index (χ0v) is 15.9. The second kappa shape index (κ2) is 7.92. The van der Waals surface area contributed by atoms with Gasteiger partial charge < -0.3 is 19.7 Å². The van der Waals surface area contributed by atoms with Crippen molar-refractivity contribution >= 4 is 17.5 Å². The van der Waals surface area contributed by atoms with E-state index in [2.05, 4.69) is 5.32 Å². The van der Waals surface area contributed by atoms with E-state index in [0.29, 0.717) is 26.1 Å². The van der Waals surface area contributed by atoms with Gasteiger partial charge in [-0.15, -0.1) is 0 Å². The van der Waals surface area contributed by atoms with Gasteiger partial charge in [-0.2, -0.15) is 0 Å². The number of anilines is 1. The molecule has 1 saturated heterocycles. The lowest BCUT2D eigenvalue weighted by Gasteiger charge is -2.21. The monoisotopic (exact) mass is 380 g/mol. The van der Waals surface area contributed by atoms with Crippen LogP contribution < -0.4 is 19.7 Å². The summed E-state index contributed by atoms with van der Waals surface area (Å²) in [5, 5.41) is 3.03. The van der Waals surface area contributed by atoms with Crippen molar-refractivity contribution < 1.29 is 19.1 Å². The number of hydrogen-bond donors (Lipinski definition) is 1. The minimum absolute atomic E-state index is 0.0487. The Labute approximate surface area is 164 Å². The Morgan fingerprint density at radius 1 is 1.11 bits per heavy atom. The number of rotatable bonds is 5. The van der Waals surface area contributed by atoms with Crippen molar-refractivity contribution in [1.82, 2.24) is 5.32 Å². The SMILES string of the molecule is CC(NC(=O)Cc1ccc(N2CCCC2=O)cc1)c1ccc2c(c1)OCCO2. The molecule has 2 amide bonds. The fraction of sp³-hybridized carbons (Fsp3) is 0.364. The van der Waals surface area contributed by atoms with E-state index in [1.807, 2.05) is 49.4 Å². The first-order valence-electron chi connectivity index (χ1n) is 9.68. The van der Waals surface area contributed by atoms with Crippen LogP contribution in [0.4, 0.5) is 5.69 Å². The Bertz CT molecular complexity index is 879. The normalized spacial score (nSPS) is 16.8. The molecule has 1 fully saturated rings. The third kappa shape index (κ3) is 3.96. The fourth-order valence-electron chi connectivity index (χ4n) is 3.61. The van der Waals surface area contributed by atoms with Gasteiger partial charge in [0.2, 0.25) is 11.8 Å². The topological polar surface area (TPSA) is 67.9 Å². The summed E-state index contributed by atoms with van der Waals surface area (Å²) in [6, 6.07) is 13.3. The first-order valence-corrected chi connectivity index (χ1v) is 9.68. The van der Waals surface area contributed by atoms with E-state index in [4.69, 9.17) is 9.47 Å². The van der Waals surface area contributed by atoms with Crippen LogP contribution in [0.1, 0.15) is 36.9 Å². The van der Waals surface area contributed by atoms with Crippen LogP contribution in [0.15, 0.2) is 42.5 Å². The Balaban J connectivity index is 1.35. The smallest absolute Gasteiger partial charge is 0.227 e. The number of amides is 2. The number of hydrogen-bond acceptors (Lipinski definition) is 4. The minimum atomic E-state index is -0.134. The summed E-state index contributed by atoms with van der Waals surface area (Å²) >= 11 is 0. The first-order chi connectivity index (χ1) is 13.6. The molecule has 0 aliphatic carbocycles. The summed E-state index contributed by atoms with van der Waals surface area (Å²) in [7, 11) is 0.